The van der Waals surface area contributed by atoms with Crippen molar-refractivity contribution in [1.82, 2.24) is 0 Å². The average molecular weight is 489 g/mol. The molecule has 2 aromatic carbocycles. The fourth-order valence-corrected chi connectivity index (χ4v) is 5.41. The molecule has 7 heteroatoms. The van der Waals surface area contributed by atoms with Crippen molar-refractivity contribution in [2.24, 2.45) is 22.4 Å². The maximum absolute atomic E-state index is 14.1. The number of aliphatic imine (C=N–C) groups is 1. The van der Waals surface area contributed by atoms with Crippen molar-refractivity contribution in [1.29, 1.82) is 0 Å². The van der Waals surface area contributed by atoms with Crippen molar-refractivity contribution < 1.29 is 14.4 Å². The van der Waals surface area contributed by atoms with Crippen LogP contribution in [0.5, 0.6) is 0 Å². The standard InChI is InChI=1S/C29H36N4O3/c1-3-24-22-16-10-11-19(2)26(22)33(18-25(34)21-14-8-5-9-15-21)28(36)29(31,32-24)27(35)23(30)17-20-12-6-4-7-13-20/h4,6-7,10-13,16,21,23H,3,5,8-9,14-15,17-18,30-31H2,1-2H3/t23?,29-/m0/s1. The Morgan fingerprint density at radius 1 is 1.08 bits per heavy atom. The molecule has 2 aromatic rings. The molecular weight excluding hydrogens is 452 g/mol. The molecule has 1 amide bonds. The van der Waals surface area contributed by atoms with Crippen LogP contribution in [0, 0.1) is 12.8 Å². The number of rotatable bonds is 8. The van der Waals surface area contributed by atoms with E-state index in [1.54, 1.807) is 0 Å². The number of Topliss-reactive ketones (excluding diaryl/α,β-unsaturated/α-hetero) is 2. The summed E-state index contributed by atoms with van der Waals surface area (Å²) < 4.78 is 0. The number of aryl methyl sites for hydroxylation is 1. The highest BCUT2D eigenvalue weighted by Crippen LogP contribution is 2.34. The summed E-state index contributed by atoms with van der Waals surface area (Å²) in [6.45, 7) is 3.67. The average Bonchev–Trinajstić information content (AvgIpc) is 2.99. The van der Waals surface area contributed by atoms with Crippen molar-refractivity contribution >= 4 is 28.9 Å². The molecule has 190 valence electrons. The molecule has 2 atom stereocenters. The number of para-hydroxylation sites is 1. The predicted molar refractivity (Wildman–Crippen MR) is 142 cm³/mol. The first kappa shape index (κ1) is 25.9. The highest BCUT2D eigenvalue weighted by Gasteiger charge is 2.50. The van der Waals surface area contributed by atoms with E-state index in [2.05, 4.69) is 4.99 Å². The molecular formula is C29H36N4O3. The van der Waals surface area contributed by atoms with Crippen molar-refractivity contribution in [2.75, 3.05) is 11.4 Å². The third kappa shape index (κ3) is 5.04. The lowest BCUT2D eigenvalue weighted by atomic mass is 9.85. The highest BCUT2D eigenvalue weighted by molar-refractivity contribution is 6.24. The van der Waals surface area contributed by atoms with E-state index in [0.29, 0.717) is 17.8 Å². The van der Waals surface area contributed by atoms with E-state index in [1.165, 1.54) is 4.90 Å². The lowest BCUT2D eigenvalue weighted by Gasteiger charge is -2.32. The predicted octanol–water partition coefficient (Wildman–Crippen LogP) is 3.48. The molecule has 0 spiro atoms. The van der Waals surface area contributed by atoms with Crippen molar-refractivity contribution in [3.63, 3.8) is 0 Å². The number of nitrogens with two attached hydrogens (primary N) is 2. The Bertz CT molecular complexity index is 1170. The van der Waals surface area contributed by atoms with E-state index in [1.807, 2.05) is 62.4 Å². The first-order valence-corrected chi connectivity index (χ1v) is 12.9. The van der Waals surface area contributed by atoms with Gasteiger partial charge in [-0.1, -0.05) is 74.7 Å². The first-order valence-electron chi connectivity index (χ1n) is 12.9. The van der Waals surface area contributed by atoms with E-state index >= 15 is 0 Å². The van der Waals surface area contributed by atoms with E-state index < -0.39 is 23.4 Å². The summed E-state index contributed by atoms with van der Waals surface area (Å²) in [6.07, 6.45) is 5.50. The molecule has 36 heavy (non-hydrogen) atoms. The normalized spacial score (nSPS) is 21.4. The van der Waals surface area contributed by atoms with Crippen LogP contribution in [0.25, 0.3) is 0 Å². The molecule has 4 rings (SSSR count). The Morgan fingerprint density at radius 2 is 1.78 bits per heavy atom. The van der Waals surface area contributed by atoms with E-state index in [9.17, 15) is 14.4 Å². The fourth-order valence-electron chi connectivity index (χ4n) is 5.41. The Labute approximate surface area is 213 Å². The fraction of sp³-hybridized carbons (Fsp3) is 0.448. The molecule has 1 saturated carbocycles. The van der Waals surface area contributed by atoms with Gasteiger partial charge < -0.3 is 10.6 Å². The molecule has 1 fully saturated rings. The van der Waals surface area contributed by atoms with Gasteiger partial charge in [0.2, 0.25) is 11.4 Å². The minimum Gasteiger partial charge on any atom is -0.321 e. The molecule has 1 unspecified atom stereocenters. The van der Waals surface area contributed by atoms with Crippen LogP contribution in [-0.2, 0) is 20.8 Å². The van der Waals surface area contributed by atoms with Gasteiger partial charge in [-0.3, -0.25) is 20.1 Å². The van der Waals surface area contributed by atoms with Gasteiger partial charge in [0.1, 0.15) is 0 Å². The van der Waals surface area contributed by atoms with Crippen LogP contribution >= 0.6 is 0 Å². The number of anilines is 1. The van der Waals surface area contributed by atoms with Gasteiger partial charge in [0.15, 0.2) is 5.78 Å². The van der Waals surface area contributed by atoms with Crippen molar-refractivity contribution in [3.8, 4) is 0 Å². The zero-order chi connectivity index (χ0) is 25.9. The molecule has 0 bridgehead atoms. The third-order valence-corrected chi connectivity index (χ3v) is 7.42. The summed E-state index contributed by atoms with van der Waals surface area (Å²) in [5.74, 6) is -1.43. The molecule has 0 radical (unpaired) electrons. The van der Waals surface area contributed by atoms with E-state index in [0.717, 1.165) is 48.8 Å². The second-order valence-corrected chi connectivity index (χ2v) is 10.0. The third-order valence-electron chi connectivity index (χ3n) is 7.42. The Balaban J connectivity index is 1.75. The van der Waals surface area contributed by atoms with Gasteiger partial charge in [-0.05, 0) is 43.7 Å². The van der Waals surface area contributed by atoms with Gasteiger partial charge in [-0.2, -0.15) is 0 Å². The Hall–Kier alpha value is -3.16. The molecule has 4 N–H and O–H groups in total. The maximum Gasteiger partial charge on any atom is 0.278 e. The van der Waals surface area contributed by atoms with Crippen LogP contribution in [0.4, 0.5) is 5.69 Å². The molecule has 0 aromatic heterocycles. The minimum atomic E-state index is -2.21. The van der Waals surface area contributed by atoms with E-state index in [-0.39, 0.29) is 24.7 Å². The number of ketones is 2. The number of hydrogen-bond donors (Lipinski definition) is 2. The van der Waals surface area contributed by atoms with Crippen LogP contribution in [0.1, 0.15) is 62.1 Å². The monoisotopic (exact) mass is 488 g/mol. The quantitative estimate of drug-likeness (QED) is 0.552. The second kappa shape index (κ2) is 10.8. The van der Waals surface area contributed by atoms with Crippen LogP contribution in [0.2, 0.25) is 0 Å². The zero-order valence-electron chi connectivity index (χ0n) is 21.2. The van der Waals surface area contributed by atoms with Gasteiger partial charge in [-0.15, -0.1) is 0 Å². The van der Waals surface area contributed by atoms with Gasteiger partial charge in [0.05, 0.1) is 18.3 Å². The van der Waals surface area contributed by atoms with E-state index in [4.69, 9.17) is 11.5 Å². The largest absolute Gasteiger partial charge is 0.321 e. The smallest absolute Gasteiger partial charge is 0.278 e. The molecule has 1 aliphatic carbocycles. The summed E-state index contributed by atoms with van der Waals surface area (Å²) in [5, 5.41) is 0. The summed E-state index contributed by atoms with van der Waals surface area (Å²) in [6, 6.07) is 14.0. The first-order chi connectivity index (χ1) is 17.3. The van der Waals surface area contributed by atoms with Crippen molar-refractivity contribution in [3.05, 3.63) is 65.2 Å². The number of carbonyl (C=O) groups excluding carboxylic acids is 3. The molecule has 7 nitrogen and oxygen atoms in total. The van der Waals surface area contributed by atoms with Crippen LogP contribution in [0.3, 0.4) is 0 Å². The summed E-state index contributed by atoms with van der Waals surface area (Å²) >= 11 is 0. The van der Waals surface area contributed by atoms with Gasteiger partial charge in [0, 0.05) is 17.2 Å². The molecule has 1 heterocycles. The second-order valence-electron chi connectivity index (χ2n) is 10.0. The number of carbonyl (C=O) groups is 3. The number of nitrogens with zero attached hydrogens (tertiary/aromatic N) is 2. The molecule has 0 saturated heterocycles. The number of hydrogen-bond acceptors (Lipinski definition) is 6. The van der Waals surface area contributed by atoms with Crippen molar-refractivity contribution in [2.45, 2.75) is 70.5 Å². The molecule has 1 aliphatic heterocycles. The Morgan fingerprint density at radius 3 is 2.44 bits per heavy atom. The van der Waals surface area contributed by atoms with Gasteiger partial charge in [0.25, 0.3) is 5.91 Å². The minimum absolute atomic E-state index is 0.000541. The SMILES string of the molecule is CCC1=N[C@@](N)(C(=O)C(N)Cc2ccccc2)C(=O)N(CC(=O)C2CCCCC2)c2c(C)cccc21. The highest BCUT2D eigenvalue weighted by atomic mass is 16.2. The Kier molecular flexibility index (Phi) is 7.81. The van der Waals surface area contributed by atoms with Crippen LogP contribution in [-0.4, -0.2) is 41.4 Å². The summed E-state index contributed by atoms with van der Waals surface area (Å²) in [5.41, 5.74) is 14.3. The lowest BCUT2D eigenvalue weighted by molar-refractivity contribution is -0.136. The lowest BCUT2D eigenvalue weighted by Crippen LogP contribution is -2.64. The van der Waals surface area contributed by atoms with Gasteiger partial charge >= 0.3 is 0 Å². The van der Waals surface area contributed by atoms with Crippen LogP contribution in [0.15, 0.2) is 53.5 Å². The summed E-state index contributed by atoms with van der Waals surface area (Å²) in [4.78, 5) is 47.2. The van der Waals surface area contributed by atoms with Crippen LogP contribution < -0.4 is 16.4 Å². The zero-order valence-corrected chi connectivity index (χ0v) is 21.2. The summed E-state index contributed by atoms with van der Waals surface area (Å²) in [7, 11) is 0. The maximum atomic E-state index is 14.1. The number of fused-ring (bicyclic) bond motifs is 1. The number of benzodiazepines with no additional fused rings is 1. The topological polar surface area (TPSA) is 119 Å². The van der Waals surface area contributed by atoms with Gasteiger partial charge in [-0.25, -0.2) is 4.99 Å². The number of amides is 1. The molecule has 2 aliphatic rings. The number of benzene rings is 2.